The summed E-state index contributed by atoms with van der Waals surface area (Å²) in [6, 6.07) is 0. The molecule has 0 heterocycles. The van der Waals surface area contributed by atoms with E-state index in [-0.39, 0.29) is 11.4 Å². The van der Waals surface area contributed by atoms with E-state index in [4.69, 9.17) is 5.73 Å². The highest BCUT2D eigenvalue weighted by Gasteiger charge is 2.41. The predicted octanol–water partition coefficient (Wildman–Crippen LogP) is 2.59. The van der Waals surface area contributed by atoms with Crippen molar-refractivity contribution in [3.63, 3.8) is 0 Å². The zero-order valence-electron chi connectivity index (χ0n) is 12.0. The number of amides is 1. The summed E-state index contributed by atoms with van der Waals surface area (Å²) in [5, 5.41) is 3.18. The van der Waals surface area contributed by atoms with Gasteiger partial charge >= 0.3 is 0 Å². The van der Waals surface area contributed by atoms with Crippen molar-refractivity contribution in [2.24, 2.45) is 23.5 Å². The lowest BCUT2D eigenvalue weighted by atomic mass is 9.80. The number of nitrogens with two attached hydrogens (primary N) is 1. The summed E-state index contributed by atoms with van der Waals surface area (Å²) in [6.45, 7) is 0.907. The molecule has 3 heteroatoms. The summed E-state index contributed by atoms with van der Waals surface area (Å²) < 4.78 is 0. The maximum atomic E-state index is 12.1. The van der Waals surface area contributed by atoms with Crippen LogP contribution in [0.15, 0.2) is 0 Å². The SMILES string of the molecule is NC1(CC(=O)NCC(C2CC2)C2CC2)CCCCC1. The topological polar surface area (TPSA) is 55.1 Å². The third-order valence-corrected chi connectivity index (χ3v) is 5.35. The van der Waals surface area contributed by atoms with Crippen LogP contribution in [0, 0.1) is 17.8 Å². The second kappa shape index (κ2) is 5.43. The quantitative estimate of drug-likeness (QED) is 0.774. The first-order valence-corrected chi connectivity index (χ1v) is 8.22. The Kier molecular flexibility index (Phi) is 3.84. The average molecular weight is 264 g/mol. The van der Waals surface area contributed by atoms with E-state index in [1.54, 1.807) is 0 Å². The third-order valence-electron chi connectivity index (χ3n) is 5.35. The van der Waals surface area contributed by atoms with Crippen molar-refractivity contribution in [2.45, 2.75) is 69.7 Å². The Morgan fingerprint density at radius 3 is 2.21 bits per heavy atom. The molecule has 3 N–H and O–H groups in total. The summed E-state index contributed by atoms with van der Waals surface area (Å²) in [5.74, 6) is 2.78. The van der Waals surface area contributed by atoms with Gasteiger partial charge in [0.2, 0.25) is 5.91 Å². The number of hydrogen-bond acceptors (Lipinski definition) is 2. The van der Waals surface area contributed by atoms with Crippen LogP contribution in [0.3, 0.4) is 0 Å². The monoisotopic (exact) mass is 264 g/mol. The molecule has 0 bridgehead atoms. The van der Waals surface area contributed by atoms with E-state index in [1.807, 2.05) is 0 Å². The summed E-state index contributed by atoms with van der Waals surface area (Å²) in [4.78, 5) is 12.1. The largest absolute Gasteiger partial charge is 0.356 e. The average Bonchev–Trinajstić information content (AvgIpc) is 3.24. The molecule has 3 aliphatic carbocycles. The Morgan fingerprint density at radius 1 is 1.11 bits per heavy atom. The predicted molar refractivity (Wildman–Crippen MR) is 76.6 cm³/mol. The van der Waals surface area contributed by atoms with Crippen molar-refractivity contribution in [1.82, 2.24) is 5.32 Å². The van der Waals surface area contributed by atoms with Crippen molar-refractivity contribution in [2.75, 3.05) is 6.54 Å². The molecule has 3 fully saturated rings. The van der Waals surface area contributed by atoms with Gasteiger partial charge in [-0.15, -0.1) is 0 Å². The lowest BCUT2D eigenvalue weighted by Gasteiger charge is -2.33. The van der Waals surface area contributed by atoms with Gasteiger partial charge in [0.25, 0.3) is 0 Å². The number of hydrogen-bond donors (Lipinski definition) is 2. The molecule has 0 unspecified atom stereocenters. The van der Waals surface area contributed by atoms with Crippen LogP contribution in [0.5, 0.6) is 0 Å². The zero-order valence-corrected chi connectivity index (χ0v) is 12.0. The summed E-state index contributed by atoms with van der Waals surface area (Å²) in [6.07, 6.45) is 11.8. The molecule has 3 saturated carbocycles. The van der Waals surface area contributed by atoms with Gasteiger partial charge in [-0.1, -0.05) is 19.3 Å². The van der Waals surface area contributed by atoms with Crippen LogP contribution in [0.25, 0.3) is 0 Å². The molecule has 3 nitrogen and oxygen atoms in total. The van der Waals surface area contributed by atoms with Crippen LogP contribution >= 0.6 is 0 Å². The van der Waals surface area contributed by atoms with E-state index in [2.05, 4.69) is 5.32 Å². The van der Waals surface area contributed by atoms with Crippen LogP contribution in [0.1, 0.15) is 64.2 Å². The molecule has 0 radical (unpaired) electrons. The van der Waals surface area contributed by atoms with Gasteiger partial charge < -0.3 is 11.1 Å². The molecule has 1 amide bonds. The van der Waals surface area contributed by atoms with Crippen LogP contribution < -0.4 is 11.1 Å². The molecule has 0 atom stereocenters. The summed E-state index contributed by atoms with van der Waals surface area (Å²) in [5.41, 5.74) is 6.14. The van der Waals surface area contributed by atoms with E-state index in [0.29, 0.717) is 6.42 Å². The fourth-order valence-corrected chi connectivity index (χ4v) is 3.81. The van der Waals surface area contributed by atoms with E-state index in [9.17, 15) is 4.79 Å². The number of rotatable bonds is 6. The second-order valence-corrected chi connectivity index (χ2v) is 7.24. The van der Waals surface area contributed by atoms with Crippen LogP contribution in [0.2, 0.25) is 0 Å². The molecule has 0 aliphatic heterocycles. The van der Waals surface area contributed by atoms with Crippen molar-refractivity contribution < 1.29 is 4.79 Å². The molecular weight excluding hydrogens is 236 g/mol. The van der Waals surface area contributed by atoms with Gasteiger partial charge in [0.1, 0.15) is 0 Å². The van der Waals surface area contributed by atoms with E-state index >= 15 is 0 Å². The molecular formula is C16H28N2O. The van der Waals surface area contributed by atoms with Gasteiger partial charge in [-0.05, 0) is 56.3 Å². The standard InChI is InChI=1S/C16H28N2O/c17-16(8-2-1-3-9-16)10-15(19)18-11-14(12-4-5-12)13-6-7-13/h12-14H,1-11,17H2,(H,18,19). The van der Waals surface area contributed by atoms with E-state index in [1.165, 1.54) is 44.9 Å². The molecule has 0 aromatic carbocycles. The highest BCUT2D eigenvalue weighted by molar-refractivity contribution is 5.77. The second-order valence-electron chi connectivity index (χ2n) is 7.24. The van der Waals surface area contributed by atoms with E-state index in [0.717, 1.165) is 37.1 Å². The maximum absolute atomic E-state index is 12.1. The minimum absolute atomic E-state index is 0.190. The van der Waals surface area contributed by atoms with Crippen molar-refractivity contribution in [3.8, 4) is 0 Å². The smallest absolute Gasteiger partial charge is 0.221 e. The molecule has 0 saturated heterocycles. The van der Waals surface area contributed by atoms with Crippen molar-refractivity contribution in [3.05, 3.63) is 0 Å². The summed E-state index contributed by atoms with van der Waals surface area (Å²) in [7, 11) is 0. The van der Waals surface area contributed by atoms with Crippen LogP contribution in [0.4, 0.5) is 0 Å². The molecule has 19 heavy (non-hydrogen) atoms. The number of nitrogens with one attached hydrogen (secondary N) is 1. The zero-order chi connectivity index (χ0) is 13.3. The molecule has 0 spiro atoms. The first-order valence-electron chi connectivity index (χ1n) is 8.22. The highest BCUT2D eigenvalue weighted by Crippen LogP contribution is 2.48. The lowest BCUT2D eigenvalue weighted by molar-refractivity contribution is -0.122. The van der Waals surface area contributed by atoms with Crippen molar-refractivity contribution in [1.29, 1.82) is 0 Å². The number of carbonyl (C=O) groups is 1. The molecule has 3 aliphatic rings. The minimum Gasteiger partial charge on any atom is -0.356 e. The van der Waals surface area contributed by atoms with Gasteiger partial charge in [0.15, 0.2) is 0 Å². The van der Waals surface area contributed by atoms with Gasteiger partial charge in [-0.3, -0.25) is 4.79 Å². The highest BCUT2D eigenvalue weighted by atomic mass is 16.1. The normalized spacial score (nSPS) is 26.4. The Hall–Kier alpha value is -0.570. The van der Waals surface area contributed by atoms with E-state index < -0.39 is 0 Å². The Balaban J connectivity index is 1.42. The van der Waals surface area contributed by atoms with Gasteiger partial charge in [-0.25, -0.2) is 0 Å². The van der Waals surface area contributed by atoms with Gasteiger partial charge in [-0.2, -0.15) is 0 Å². The first kappa shape index (κ1) is 13.4. The van der Waals surface area contributed by atoms with Crippen LogP contribution in [-0.2, 0) is 4.79 Å². The molecule has 0 aromatic rings. The third kappa shape index (κ3) is 3.71. The fourth-order valence-electron chi connectivity index (χ4n) is 3.81. The van der Waals surface area contributed by atoms with Crippen molar-refractivity contribution >= 4 is 5.91 Å². The minimum atomic E-state index is -0.211. The molecule has 108 valence electrons. The lowest BCUT2D eigenvalue weighted by Crippen LogP contribution is -2.46. The Labute approximate surface area is 116 Å². The van der Waals surface area contributed by atoms with Gasteiger partial charge in [0, 0.05) is 18.5 Å². The fraction of sp³-hybridized carbons (Fsp3) is 0.938. The summed E-state index contributed by atoms with van der Waals surface area (Å²) >= 11 is 0. The maximum Gasteiger partial charge on any atom is 0.221 e. The number of carbonyl (C=O) groups excluding carboxylic acids is 1. The Bertz CT molecular complexity index is 316. The first-order chi connectivity index (χ1) is 9.16. The molecule has 0 aromatic heterocycles. The van der Waals surface area contributed by atoms with Gasteiger partial charge in [0.05, 0.1) is 0 Å². The Morgan fingerprint density at radius 2 is 1.68 bits per heavy atom. The van der Waals surface area contributed by atoms with Crippen LogP contribution in [-0.4, -0.2) is 18.0 Å². The molecule has 3 rings (SSSR count).